The average Bonchev–Trinajstić information content (AvgIpc) is 2.26. The summed E-state index contributed by atoms with van der Waals surface area (Å²) in [5.41, 5.74) is -0.396. The van der Waals surface area contributed by atoms with E-state index in [0.717, 1.165) is 13.0 Å². The van der Waals surface area contributed by atoms with E-state index >= 15 is 0 Å². The zero-order chi connectivity index (χ0) is 14.1. The first-order chi connectivity index (χ1) is 8.11. The van der Waals surface area contributed by atoms with Gasteiger partial charge in [0.15, 0.2) is 0 Å². The van der Waals surface area contributed by atoms with E-state index in [1.165, 1.54) is 0 Å². The zero-order valence-electron chi connectivity index (χ0n) is 12.4. The van der Waals surface area contributed by atoms with E-state index in [4.69, 9.17) is 5.26 Å². The average molecular weight is 251 g/mol. The smallest absolute Gasteiger partial charge is 0.241 e. The Labute approximate surface area is 111 Å². The molecule has 1 unspecified atom stereocenters. The van der Waals surface area contributed by atoms with Crippen molar-refractivity contribution < 1.29 is 4.79 Å². The lowest BCUT2D eigenvalue weighted by molar-refractivity contribution is -0.146. The van der Waals surface area contributed by atoms with E-state index in [1.807, 2.05) is 16.8 Å². The molecule has 1 saturated heterocycles. The van der Waals surface area contributed by atoms with Gasteiger partial charge in [0, 0.05) is 17.6 Å². The second-order valence-electron chi connectivity index (χ2n) is 6.77. The van der Waals surface area contributed by atoms with Crippen LogP contribution >= 0.6 is 0 Å². The van der Waals surface area contributed by atoms with Crippen molar-refractivity contribution in [3.63, 3.8) is 0 Å². The maximum Gasteiger partial charge on any atom is 0.241 e. The molecule has 0 bridgehead atoms. The van der Waals surface area contributed by atoms with Gasteiger partial charge in [0.25, 0.3) is 0 Å². The van der Waals surface area contributed by atoms with Crippen molar-refractivity contribution in [2.75, 3.05) is 13.6 Å². The van der Waals surface area contributed by atoms with Gasteiger partial charge in [0.1, 0.15) is 6.04 Å². The molecule has 0 radical (unpaired) electrons. The van der Waals surface area contributed by atoms with Gasteiger partial charge in [-0.05, 0) is 48.1 Å². The van der Waals surface area contributed by atoms with Crippen molar-refractivity contribution >= 4 is 5.91 Å². The van der Waals surface area contributed by atoms with Crippen LogP contribution in [0.3, 0.4) is 0 Å². The molecule has 0 saturated carbocycles. The van der Waals surface area contributed by atoms with Crippen molar-refractivity contribution in [2.24, 2.45) is 0 Å². The molecule has 0 N–H and O–H groups in total. The van der Waals surface area contributed by atoms with Gasteiger partial charge in [0.2, 0.25) is 5.91 Å². The minimum Gasteiger partial charge on any atom is -0.331 e. The summed E-state index contributed by atoms with van der Waals surface area (Å²) in [6.45, 7) is 11.2. The summed E-state index contributed by atoms with van der Waals surface area (Å²) in [6, 6.07) is 1.83. The Kier molecular flexibility index (Phi) is 4.07. The van der Waals surface area contributed by atoms with Crippen LogP contribution in [0.4, 0.5) is 0 Å². The van der Waals surface area contributed by atoms with Crippen molar-refractivity contribution in [2.45, 2.75) is 64.6 Å². The van der Waals surface area contributed by atoms with Crippen LogP contribution in [0.15, 0.2) is 0 Å². The van der Waals surface area contributed by atoms with Crippen molar-refractivity contribution in [3.8, 4) is 6.07 Å². The molecule has 0 aromatic carbocycles. The molecule has 1 amide bonds. The molecule has 4 heteroatoms. The number of nitrogens with zero attached hydrogens (tertiary/aromatic N) is 3. The Hall–Kier alpha value is -1.08. The van der Waals surface area contributed by atoms with E-state index in [2.05, 4.69) is 40.7 Å². The molecule has 0 aliphatic carbocycles. The third-order valence-electron chi connectivity index (χ3n) is 3.67. The van der Waals surface area contributed by atoms with Gasteiger partial charge in [-0.2, -0.15) is 5.26 Å². The number of amides is 1. The van der Waals surface area contributed by atoms with E-state index in [0.29, 0.717) is 0 Å². The number of carbonyl (C=O) groups is 1. The van der Waals surface area contributed by atoms with Crippen LogP contribution in [0.2, 0.25) is 0 Å². The number of hydrogen-bond acceptors (Lipinski definition) is 3. The summed E-state index contributed by atoms with van der Waals surface area (Å²) >= 11 is 0. The molecule has 1 aliphatic heterocycles. The van der Waals surface area contributed by atoms with Gasteiger partial charge in [-0.25, -0.2) is 0 Å². The van der Waals surface area contributed by atoms with E-state index in [9.17, 15) is 4.79 Å². The number of likely N-dealkylation sites (N-methyl/N-ethyl adjacent to an activating group) is 1. The number of hydrogen-bond donors (Lipinski definition) is 0. The highest BCUT2D eigenvalue weighted by Crippen LogP contribution is 2.32. The molecule has 18 heavy (non-hydrogen) atoms. The number of rotatable bonds is 1. The molecular weight excluding hydrogens is 226 g/mol. The first-order valence-electron chi connectivity index (χ1n) is 6.52. The predicted octanol–water partition coefficient (Wildman–Crippen LogP) is 2.01. The van der Waals surface area contributed by atoms with Crippen molar-refractivity contribution in [3.05, 3.63) is 0 Å². The highest BCUT2D eigenvalue weighted by molar-refractivity contribution is 5.84. The first kappa shape index (κ1) is 15.0. The maximum absolute atomic E-state index is 12.7. The number of nitriles is 1. The summed E-state index contributed by atoms with van der Waals surface area (Å²) in [5, 5.41) is 8.92. The molecule has 1 heterocycles. The van der Waals surface area contributed by atoms with Crippen LogP contribution < -0.4 is 0 Å². The fourth-order valence-corrected chi connectivity index (χ4v) is 2.92. The lowest BCUT2D eigenvalue weighted by atomic mass is 9.91. The lowest BCUT2D eigenvalue weighted by Gasteiger charge is -2.47. The van der Waals surface area contributed by atoms with E-state index in [1.54, 1.807) is 0 Å². The summed E-state index contributed by atoms with van der Waals surface area (Å²) in [7, 11) is 1.93. The molecule has 4 nitrogen and oxygen atoms in total. The van der Waals surface area contributed by atoms with Crippen LogP contribution in [0.1, 0.15) is 47.5 Å². The third kappa shape index (κ3) is 2.84. The largest absolute Gasteiger partial charge is 0.331 e. The van der Waals surface area contributed by atoms with Crippen LogP contribution in [0.5, 0.6) is 0 Å². The molecule has 0 aromatic rings. The van der Waals surface area contributed by atoms with Crippen LogP contribution in [-0.2, 0) is 4.79 Å². The number of carbonyl (C=O) groups excluding carboxylic acids is 1. The summed E-state index contributed by atoms with van der Waals surface area (Å²) in [6.07, 6.45) is 1.19. The second-order valence-corrected chi connectivity index (χ2v) is 6.77. The topological polar surface area (TPSA) is 47.3 Å². The standard InChI is InChI=1S/C14H25N3O/c1-13(2,3)17-12(18)11(7-9-15)16(6)10-8-14(17,4)5/h11H,7-8,10H2,1-6H3. The monoisotopic (exact) mass is 251 g/mol. The van der Waals surface area contributed by atoms with Gasteiger partial charge >= 0.3 is 0 Å². The highest BCUT2D eigenvalue weighted by atomic mass is 16.2. The molecule has 0 spiro atoms. The lowest BCUT2D eigenvalue weighted by Crippen LogP contribution is -2.59. The summed E-state index contributed by atoms with van der Waals surface area (Å²) < 4.78 is 0. The Morgan fingerprint density at radius 1 is 1.44 bits per heavy atom. The second kappa shape index (κ2) is 4.89. The first-order valence-corrected chi connectivity index (χ1v) is 6.52. The van der Waals surface area contributed by atoms with Crippen LogP contribution in [0, 0.1) is 11.3 Å². The minimum absolute atomic E-state index is 0.0778. The van der Waals surface area contributed by atoms with E-state index < -0.39 is 0 Å². The van der Waals surface area contributed by atoms with Crippen LogP contribution in [-0.4, -0.2) is 46.4 Å². The Morgan fingerprint density at radius 2 is 2.00 bits per heavy atom. The maximum atomic E-state index is 12.7. The Balaban J connectivity index is 3.18. The fraction of sp³-hybridized carbons (Fsp3) is 0.857. The molecule has 1 atom stereocenters. The van der Waals surface area contributed by atoms with Gasteiger partial charge in [-0.3, -0.25) is 9.69 Å². The highest BCUT2D eigenvalue weighted by Gasteiger charge is 2.44. The van der Waals surface area contributed by atoms with Gasteiger partial charge in [-0.1, -0.05) is 0 Å². The van der Waals surface area contributed by atoms with Crippen molar-refractivity contribution in [1.29, 1.82) is 5.26 Å². The molecule has 1 aliphatic rings. The molecule has 0 aromatic heterocycles. The molecule has 1 rings (SSSR count). The fourth-order valence-electron chi connectivity index (χ4n) is 2.92. The summed E-state index contributed by atoms with van der Waals surface area (Å²) in [4.78, 5) is 16.7. The van der Waals surface area contributed by atoms with Crippen LogP contribution in [0.25, 0.3) is 0 Å². The van der Waals surface area contributed by atoms with Crippen molar-refractivity contribution in [1.82, 2.24) is 9.80 Å². The SMILES string of the molecule is CN1CCC(C)(C)N(C(C)(C)C)C(=O)C1CC#N. The summed E-state index contributed by atoms with van der Waals surface area (Å²) in [5.74, 6) is 0.0778. The van der Waals surface area contributed by atoms with Gasteiger partial charge in [-0.15, -0.1) is 0 Å². The Morgan fingerprint density at radius 3 is 2.44 bits per heavy atom. The minimum atomic E-state index is -0.309. The Bertz CT molecular complexity index is 362. The van der Waals surface area contributed by atoms with E-state index in [-0.39, 0.29) is 29.4 Å². The molecule has 1 fully saturated rings. The van der Waals surface area contributed by atoms with Gasteiger partial charge in [0.05, 0.1) is 12.5 Å². The third-order valence-corrected chi connectivity index (χ3v) is 3.67. The normalized spacial score (nSPS) is 25.7. The van der Waals surface area contributed by atoms with Gasteiger partial charge < -0.3 is 4.90 Å². The molecular formula is C14H25N3O. The zero-order valence-corrected chi connectivity index (χ0v) is 12.4. The quantitative estimate of drug-likeness (QED) is 0.716. The predicted molar refractivity (Wildman–Crippen MR) is 71.9 cm³/mol. The molecule has 102 valence electrons.